The molecule has 4 nitrogen and oxygen atoms in total. The van der Waals surface area contributed by atoms with Crippen molar-refractivity contribution in [3.63, 3.8) is 0 Å². The molecule has 0 spiro atoms. The molecule has 0 bridgehead atoms. The van der Waals surface area contributed by atoms with Crippen LogP contribution in [0.25, 0.3) is 11.4 Å². The Bertz CT molecular complexity index is 565. The lowest BCUT2D eigenvalue weighted by atomic mass is 10.3. The zero-order valence-corrected chi connectivity index (χ0v) is 11.2. The minimum absolute atomic E-state index is 0.0526. The van der Waals surface area contributed by atoms with Gasteiger partial charge in [-0.05, 0) is 30.7 Å². The Balaban J connectivity index is 2.68. The van der Waals surface area contributed by atoms with E-state index in [1.807, 2.05) is 17.6 Å². The second-order valence-corrected chi connectivity index (χ2v) is 4.41. The van der Waals surface area contributed by atoms with Crippen molar-refractivity contribution in [1.82, 2.24) is 14.5 Å². The van der Waals surface area contributed by atoms with Crippen LogP contribution in [-0.2, 0) is 6.54 Å². The molecule has 2 rings (SSSR count). The van der Waals surface area contributed by atoms with Crippen molar-refractivity contribution in [2.75, 3.05) is 5.73 Å². The molecule has 0 aromatic carbocycles. The van der Waals surface area contributed by atoms with Gasteiger partial charge in [-0.1, -0.05) is 23.2 Å². The number of halogens is 3. The highest BCUT2D eigenvalue weighted by molar-refractivity contribution is 6.43. The Morgan fingerprint density at radius 1 is 1.24 bits per heavy atom. The summed E-state index contributed by atoms with van der Waals surface area (Å²) in [5.41, 5.74) is 7.07. The van der Waals surface area contributed by atoms with Crippen LogP contribution in [0.2, 0.25) is 15.5 Å². The van der Waals surface area contributed by atoms with E-state index < -0.39 is 0 Å². The van der Waals surface area contributed by atoms with E-state index in [-0.39, 0.29) is 15.5 Å². The number of anilines is 1. The van der Waals surface area contributed by atoms with Gasteiger partial charge in [0.15, 0.2) is 5.15 Å². The highest BCUT2D eigenvalue weighted by Gasteiger charge is 2.16. The molecule has 0 fully saturated rings. The lowest BCUT2D eigenvalue weighted by molar-refractivity contribution is 0.785. The van der Waals surface area contributed by atoms with E-state index >= 15 is 0 Å². The molecule has 0 aliphatic heterocycles. The zero-order chi connectivity index (χ0) is 12.6. The van der Waals surface area contributed by atoms with Gasteiger partial charge in [-0.2, -0.15) is 0 Å². The first-order valence-electron chi connectivity index (χ1n) is 4.88. The first kappa shape index (κ1) is 12.5. The van der Waals surface area contributed by atoms with Crippen LogP contribution in [0.15, 0.2) is 12.1 Å². The Morgan fingerprint density at radius 2 is 1.94 bits per heavy atom. The first-order chi connectivity index (χ1) is 8.04. The molecule has 2 aromatic heterocycles. The number of hydrogen-bond acceptors (Lipinski definition) is 3. The highest BCUT2D eigenvalue weighted by Crippen LogP contribution is 2.33. The number of hydrogen-bond donors (Lipinski definition) is 1. The smallest absolute Gasteiger partial charge is 0.224 e. The second kappa shape index (κ2) is 4.72. The quantitative estimate of drug-likeness (QED) is 0.680. The van der Waals surface area contributed by atoms with E-state index in [1.165, 1.54) is 0 Å². The molecule has 2 aromatic rings. The van der Waals surface area contributed by atoms with Gasteiger partial charge in [0, 0.05) is 6.54 Å². The van der Waals surface area contributed by atoms with Gasteiger partial charge in [0.2, 0.25) is 5.28 Å². The summed E-state index contributed by atoms with van der Waals surface area (Å²) in [5, 5.41) is 0.449. The van der Waals surface area contributed by atoms with Crippen LogP contribution >= 0.6 is 34.8 Å². The van der Waals surface area contributed by atoms with Crippen LogP contribution in [0.4, 0.5) is 5.82 Å². The highest BCUT2D eigenvalue weighted by atomic mass is 35.5. The first-order valence-corrected chi connectivity index (χ1v) is 6.02. The molecule has 90 valence electrons. The maximum Gasteiger partial charge on any atom is 0.224 e. The Labute approximate surface area is 113 Å². The second-order valence-electron chi connectivity index (χ2n) is 3.33. The van der Waals surface area contributed by atoms with Crippen molar-refractivity contribution in [2.24, 2.45) is 0 Å². The maximum absolute atomic E-state index is 6.07. The van der Waals surface area contributed by atoms with Crippen LogP contribution < -0.4 is 5.73 Å². The normalized spacial score (nSPS) is 10.8. The van der Waals surface area contributed by atoms with Crippen molar-refractivity contribution >= 4 is 40.6 Å². The van der Waals surface area contributed by atoms with Crippen LogP contribution in [-0.4, -0.2) is 14.5 Å². The number of nitrogens with two attached hydrogens (primary N) is 1. The SMILES string of the molecule is CCn1c(N)ccc1-c1nc(Cl)nc(Cl)c1Cl. The van der Waals surface area contributed by atoms with Crippen LogP contribution in [0.5, 0.6) is 0 Å². The van der Waals surface area contributed by atoms with Gasteiger partial charge in [-0.3, -0.25) is 0 Å². The van der Waals surface area contributed by atoms with Crippen molar-refractivity contribution in [2.45, 2.75) is 13.5 Å². The number of rotatable bonds is 2. The molecular weight excluding hydrogens is 282 g/mol. The molecule has 0 atom stereocenters. The fourth-order valence-electron chi connectivity index (χ4n) is 1.61. The van der Waals surface area contributed by atoms with E-state index in [4.69, 9.17) is 40.5 Å². The topological polar surface area (TPSA) is 56.7 Å². The predicted molar refractivity (Wildman–Crippen MR) is 70.6 cm³/mol. The fraction of sp³-hybridized carbons (Fsp3) is 0.200. The average Bonchev–Trinajstić information content (AvgIpc) is 2.64. The third kappa shape index (κ3) is 2.20. The van der Waals surface area contributed by atoms with Crippen molar-refractivity contribution in [1.29, 1.82) is 0 Å². The largest absolute Gasteiger partial charge is 0.385 e. The zero-order valence-electron chi connectivity index (χ0n) is 8.91. The van der Waals surface area contributed by atoms with Gasteiger partial charge < -0.3 is 10.3 Å². The van der Waals surface area contributed by atoms with Gasteiger partial charge in [0.1, 0.15) is 16.5 Å². The van der Waals surface area contributed by atoms with Crippen molar-refractivity contribution in [3.05, 3.63) is 27.6 Å². The summed E-state index contributed by atoms with van der Waals surface area (Å²) in [6.45, 7) is 2.67. The van der Waals surface area contributed by atoms with Gasteiger partial charge in [-0.25, -0.2) is 9.97 Å². The molecule has 0 saturated carbocycles. The average molecular weight is 292 g/mol. The lowest BCUT2D eigenvalue weighted by Gasteiger charge is -2.09. The number of nitrogens with zero attached hydrogens (tertiary/aromatic N) is 3. The Hall–Kier alpha value is -0.970. The fourth-order valence-corrected chi connectivity index (χ4v) is 2.17. The minimum Gasteiger partial charge on any atom is -0.385 e. The molecule has 0 aliphatic carbocycles. The van der Waals surface area contributed by atoms with Crippen LogP contribution in [0.3, 0.4) is 0 Å². The monoisotopic (exact) mass is 290 g/mol. The molecule has 2 N–H and O–H groups in total. The Kier molecular flexibility index (Phi) is 3.47. The maximum atomic E-state index is 6.07. The molecule has 0 radical (unpaired) electrons. The summed E-state index contributed by atoms with van der Waals surface area (Å²) in [5.74, 6) is 0.629. The minimum atomic E-state index is 0.0526. The summed E-state index contributed by atoms with van der Waals surface area (Å²) in [4.78, 5) is 7.86. The van der Waals surface area contributed by atoms with E-state index in [0.29, 0.717) is 18.1 Å². The van der Waals surface area contributed by atoms with Gasteiger partial charge >= 0.3 is 0 Å². The summed E-state index contributed by atoms with van der Waals surface area (Å²) in [6.07, 6.45) is 0. The third-order valence-electron chi connectivity index (χ3n) is 2.36. The third-order valence-corrected chi connectivity index (χ3v) is 3.25. The summed E-state index contributed by atoms with van der Waals surface area (Å²) >= 11 is 17.7. The number of nitrogen functional groups attached to an aromatic ring is 1. The van der Waals surface area contributed by atoms with Crippen molar-refractivity contribution < 1.29 is 0 Å². The lowest BCUT2D eigenvalue weighted by Crippen LogP contribution is -2.03. The Morgan fingerprint density at radius 3 is 2.59 bits per heavy atom. The molecule has 0 saturated heterocycles. The molecule has 0 amide bonds. The molecule has 0 aliphatic rings. The van der Waals surface area contributed by atoms with Crippen LogP contribution in [0, 0.1) is 0 Å². The van der Waals surface area contributed by atoms with E-state index in [2.05, 4.69) is 9.97 Å². The van der Waals surface area contributed by atoms with Crippen molar-refractivity contribution in [3.8, 4) is 11.4 Å². The van der Waals surface area contributed by atoms with E-state index in [0.717, 1.165) is 5.69 Å². The van der Waals surface area contributed by atoms with Gasteiger partial charge in [0.25, 0.3) is 0 Å². The van der Waals surface area contributed by atoms with Crippen LogP contribution in [0.1, 0.15) is 6.92 Å². The predicted octanol–water partition coefficient (Wildman–Crippen LogP) is 3.51. The molecule has 2 heterocycles. The molecule has 7 heteroatoms. The number of aromatic nitrogens is 3. The molecule has 0 unspecified atom stereocenters. The molecule has 17 heavy (non-hydrogen) atoms. The summed E-state index contributed by atoms with van der Waals surface area (Å²) in [6, 6.07) is 3.60. The van der Waals surface area contributed by atoms with E-state index in [9.17, 15) is 0 Å². The van der Waals surface area contributed by atoms with Gasteiger partial charge in [-0.15, -0.1) is 0 Å². The summed E-state index contributed by atoms with van der Waals surface area (Å²) < 4.78 is 1.86. The molecular formula is C10H9Cl3N4. The standard InChI is InChI=1S/C10H9Cl3N4/c1-2-17-5(3-4-6(17)14)8-7(11)9(12)16-10(13)15-8/h3-4H,2,14H2,1H3. The summed E-state index contributed by atoms with van der Waals surface area (Å²) in [7, 11) is 0. The van der Waals surface area contributed by atoms with Gasteiger partial charge in [0.05, 0.1) is 5.69 Å². The van der Waals surface area contributed by atoms with E-state index in [1.54, 1.807) is 6.07 Å².